The highest BCUT2D eigenvalue weighted by molar-refractivity contribution is 5.90. The van der Waals surface area contributed by atoms with Crippen molar-refractivity contribution in [3.8, 4) is 5.69 Å². The van der Waals surface area contributed by atoms with Gasteiger partial charge in [0.05, 0.1) is 28.8 Å². The van der Waals surface area contributed by atoms with Gasteiger partial charge in [0.15, 0.2) is 0 Å². The molecule has 0 unspecified atom stereocenters. The van der Waals surface area contributed by atoms with Gasteiger partial charge < -0.3 is 10.2 Å². The van der Waals surface area contributed by atoms with E-state index in [1.807, 2.05) is 86.1 Å². The van der Waals surface area contributed by atoms with Gasteiger partial charge in [-0.2, -0.15) is 5.10 Å². The molecule has 0 saturated heterocycles. The Morgan fingerprint density at radius 2 is 1.62 bits per heavy atom. The molecule has 2 amide bonds. The number of anilines is 1. The lowest BCUT2D eigenvalue weighted by atomic mass is 10.1. The predicted octanol–water partition coefficient (Wildman–Crippen LogP) is 4.71. The summed E-state index contributed by atoms with van der Waals surface area (Å²) in [7, 11) is 1.80. The lowest BCUT2D eigenvalue weighted by molar-refractivity contribution is 0.208. The first kappa shape index (κ1) is 17.7. The van der Waals surface area contributed by atoms with Crippen molar-refractivity contribution >= 4 is 11.7 Å². The summed E-state index contributed by atoms with van der Waals surface area (Å²) in [5.41, 5.74) is 4.52. The van der Waals surface area contributed by atoms with Gasteiger partial charge in [-0.1, -0.05) is 48.5 Å². The first-order chi connectivity index (χ1) is 12.5. The molecule has 0 aliphatic heterocycles. The number of amides is 2. The van der Waals surface area contributed by atoms with Crippen molar-refractivity contribution < 1.29 is 4.79 Å². The molecule has 26 heavy (non-hydrogen) atoms. The molecule has 3 aromatic rings. The third-order valence-electron chi connectivity index (χ3n) is 4.71. The maximum Gasteiger partial charge on any atom is 0.322 e. The van der Waals surface area contributed by atoms with Crippen LogP contribution in [-0.2, 0) is 0 Å². The van der Waals surface area contributed by atoms with Crippen molar-refractivity contribution in [2.45, 2.75) is 26.8 Å². The maximum atomic E-state index is 12.8. The number of hydrogen-bond acceptors (Lipinski definition) is 2. The Morgan fingerprint density at radius 1 is 1.04 bits per heavy atom. The summed E-state index contributed by atoms with van der Waals surface area (Å²) >= 11 is 0. The summed E-state index contributed by atoms with van der Waals surface area (Å²) in [5, 5.41) is 7.60. The molecule has 0 aliphatic carbocycles. The zero-order valence-electron chi connectivity index (χ0n) is 15.6. The van der Waals surface area contributed by atoms with Crippen LogP contribution in [0.3, 0.4) is 0 Å². The molecule has 0 fully saturated rings. The third kappa shape index (κ3) is 3.47. The molecule has 0 bridgehead atoms. The number of aryl methyl sites for hydroxylation is 1. The van der Waals surface area contributed by atoms with Crippen molar-refractivity contribution in [1.82, 2.24) is 14.7 Å². The van der Waals surface area contributed by atoms with Gasteiger partial charge in [-0.05, 0) is 38.5 Å². The van der Waals surface area contributed by atoms with Gasteiger partial charge in [0.25, 0.3) is 0 Å². The van der Waals surface area contributed by atoms with Gasteiger partial charge in [0.2, 0.25) is 0 Å². The molecule has 5 nitrogen and oxygen atoms in total. The summed E-state index contributed by atoms with van der Waals surface area (Å²) in [4.78, 5) is 14.5. The minimum Gasteiger partial charge on any atom is -0.321 e. The average molecular weight is 348 g/mol. The van der Waals surface area contributed by atoms with E-state index in [4.69, 9.17) is 0 Å². The molecular formula is C21H24N4O. The van der Waals surface area contributed by atoms with Gasteiger partial charge in [-0.3, -0.25) is 0 Å². The van der Waals surface area contributed by atoms with E-state index in [9.17, 15) is 4.79 Å². The minimum atomic E-state index is -0.153. The largest absolute Gasteiger partial charge is 0.322 e. The van der Waals surface area contributed by atoms with Crippen molar-refractivity contribution in [2.24, 2.45) is 0 Å². The van der Waals surface area contributed by atoms with Crippen LogP contribution in [0.5, 0.6) is 0 Å². The molecule has 134 valence electrons. The number of carbonyl (C=O) groups is 1. The van der Waals surface area contributed by atoms with Crippen LogP contribution in [0.2, 0.25) is 0 Å². The molecule has 1 heterocycles. The Morgan fingerprint density at radius 3 is 2.23 bits per heavy atom. The highest BCUT2D eigenvalue weighted by Crippen LogP contribution is 2.25. The van der Waals surface area contributed by atoms with E-state index in [1.165, 1.54) is 0 Å². The van der Waals surface area contributed by atoms with E-state index in [1.54, 1.807) is 11.9 Å². The Labute approximate surface area is 154 Å². The second-order valence-electron chi connectivity index (χ2n) is 6.42. The number of aromatic nitrogens is 2. The van der Waals surface area contributed by atoms with E-state index < -0.39 is 0 Å². The van der Waals surface area contributed by atoms with Gasteiger partial charge in [-0.25, -0.2) is 9.48 Å². The lowest BCUT2D eigenvalue weighted by Gasteiger charge is -2.25. The van der Waals surface area contributed by atoms with Crippen LogP contribution in [0.1, 0.15) is 29.9 Å². The molecule has 1 N–H and O–H groups in total. The Hall–Kier alpha value is -3.08. The SMILES string of the molecule is Cc1nn(-c2ccccc2)c(C)c1NC(=O)N(C)[C@@H](C)c1ccccc1. The van der Waals surface area contributed by atoms with E-state index in [0.717, 1.165) is 28.3 Å². The first-order valence-corrected chi connectivity index (χ1v) is 8.69. The minimum absolute atomic E-state index is 0.0269. The number of carbonyl (C=O) groups excluding carboxylic acids is 1. The number of benzene rings is 2. The predicted molar refractivity (Wildman–Crippen MR) is 105 cm³/mol. The van der Waals surface area contributed by atoms with Gasteiger partial charge in [-0.15, -0.1) is 0 Å². The second kappa shape index (κ2) is 7.44. The fourth-order valence-electron chi connectivity index (χ4n) is 2.97. The quantitative estimate of drug-likeness (QED) is 0.742. The zero-order chi connectivity index (χ0) is 18.7. The number of nitrogens with one attached hydrogen (secondary N) is 1. The molecular weight excluding hydrogens is 324 g/mol. The van der Waals surface area contributed by atoms with Crippen molar-refractivity contribution in [3.63, 3.8) is 0 Å². The number of para-hydroxylation sites is 1. The summed E-state index contributed by atoms with van der Waals surface area (Å²) in [6.45, 7) is 5.88. The number of rotatable bonds is 4. The van der Waals surface area contributed by atoms with Crippen LogP contribution < -0.4 is 5.32 Å². The van der Waals surface area contributed by atoms with Crippen LogP contribution in [0.15, 0.2) is 60.7 Å². The number of urea groups is 1. The second-order valence-corrected chi connectivity index (χ2v) is 6.42. The first-order valence-electron chi connectivity index (χ1n) is 8.69. The molecule has 0 saturated carbocycles. The van der Waals surface area contributed by atoms with Crippen LogP contribution in [-0.4, -0.2) is 27.8 Å². The van der Waals surface area contributed by atoms with Gasteiger partial charge in [0.1, 0.15) is 0 Å². The standard InChI is InChI=1S/C21H24N4O/c1-15-20(17(3)25(23-15)19-13-9-6-10-14-19)22-21(26)24(4)16(2)18-11-7-5-8-12-18/h5-14,16H,1-4H3,(H,22,26)/t16-/m0/s1. The molecule has 5 heteroatoms. The summed E-state index contributed by atoms with van der Waals surface area (Å²) in [5.74, 6) is 0. The normalized spacial score (nSPS) is 11.8. The Balaban J connectivity index is 1.80. The Bertz CT molecular complexity index is 887. The van der Waals surface area contributed by atoms with E-state index in [2.05, 4.69) is 10.4 Å². The van der Waals surface area contributed by atoms with E-state index in [-0.39, 0.29) is 12.1 Å². The van der Waals surface area contributed by atoms with E-state index in [0.29, 0.717) is 0 Å². The fraction of sp³-hybridized carbons (Fsp3) is 0.238. The smallest absolute Gasteiger partial charge is 0.321 e. The van der Waals surface area contributed by atoms with Crippen LogP contribution in [0.4, 0.5) is 10.5 Å². The lowest BCUT2D eigenvalue weighted by Crippen LogP contribution is -2.33. The zero-order valence-corrected chi connectivity index (χ0v) is 15.6. The molecule has 0 spiro atoms. The van der Waals surface area contributed by atoms with Crippen molar-refractivity contribution in [1.29, 1.82) is 0 Å². The van der Waals surface area contributed by atoms with Crippen LogP contribution in [0.25, 0.3) is 5.69 Å². The van der Waals surface area contributed by atoms with E-state index >= 15 is 0 Å². The molecule has 1 aromatic heterocycles. The molecule has 3 rings (SSSR count). The average Bonchev–Trinajstić information content (AvgIpc) is 2.96. The maximum absolute atomic E-state index is 12.8. The summed E-state index contributed by atoms with van der Waals surface area (Å²) in [6, 6.07) is 19.7. The van der Waals surface area contributed by atoms with Crippen LogP contribution in [0, 0.1) is 13.8 Å². The van der Waals surface area contributed by atoms with Gasteiger partial charge in [0, 0.05) is 7.05 Å². The monoisotopic (exact) mass is 348 g/mol. The Kier molecular flexibility index (Phi) is 5.07. The molecule has 0 aliphatic rings. The van der Waals surface area contributed by atoms with Crippen LogP contribution >= 0.6 is 0 Å². The molecule has 0 radical (unpaired) electrons. The number of nitrogens with zero attached hydrogens (tertiary/aromatic N) is 3. The number of hydrogen-bond donors (Lipinski definition) is 1. The van der Waals surface area contributed by atoms with Crippen molar-refractivity contribution in [2.75, 3.05) is 12.4 Å². The highest BCUT2D eigenvalue weighted by atomic mass is 16.2. The summed E-state index contributed by atoms with van der Waals surface area (Å²) in [6.07, 6.45) is 0. The molecule has 2 aromatic carbocycles. The van der Waals surface area contributed by atoms with Crippen molar-refractivity contribution in [3.05, 3.63) is 77.6 Å². The third-order valence-corrected chi connectivity index (χ3v) is 4.71. The topological polar surface area (TPSA) is 50.2 Å². The fourth-order valence-corrected chi connectivity index (χ4v) is 2.97. The van der Waals surface area contributed by atoms with Gasteiger partial charge >= 0.3 is 6.03 Å². The molecule has 1 atom stereocenters. The highest BCUT2D eigenvalue weighted by Gasteiger charge is 2.21. The summed E-state index contributed by atoms with van der Waals surface area (Å²) < 4.78 is 1.85.